The fourth-order valence-corrected chi connectivity index (χ4v) is 2.32. The topological polar surface area (TPSA) is 114 Å². The van der Waals surface area contributed by atoms with E-state index in [0.717, 1.165) is 6.21 Å². The number of rotatable bonds is 6. The van der Waals surface area contributed by atoms with Gasteiger partial charge in [-0.3, -0.25) is 0 Å². The molecule has 0 saturated heterocycles. The predicted octanol–water partition coefficient (Wildman–Crippen LogP) is 2.74. The number of anilines is 2. The van der Waals surface area contributed by atoms with E-state index in [4.69, 9.17) is 15.9 Å². The maximum atomic E-state index is 13.8. The standard InChI is InChI=1S/C17H18FN7O/c1-10(2)26-15-14(11(7-19)8-20)21-9-25-16(15)23-17(24-25)22-13-6-4-3-5-12(13)18/h3-10,19H,20H2,1-2H3,(H,22,24). The molecule has 0 spiro atoms. The second-order valence-corrected chi connectivity index (χ2v) is 5.66. The van der Waals surface area contributed by atoms with Crippen LogP contribution in [0.5, 0.6) is 5.75 Å². The molecule has 2 heterocycles. The van der Waals surface area contributed by atoms with E-state index in [1.807, 2.05) is 13.8 Å². The van der Waals surface area contributed by atoms with Crippen molar-refractivity contribution in [3.63, 3.8) is 0 Å². The van der Waals surface area contributed by atoms with Crippen molar-refractivity contribution in [2.45, 2.75) is 20.0 Å². The minimum absolute atomic E-state index is 0.161. The Morgan fingerprint density at radius 2 is 2.15 bits per heavy atom. The highest BCUT2D eigenvalue weighted by molar-refractivity contribution is 6.08. The molecule has 134 valence electrons. The Kier molecular flexibility index (Phi) is 4.78. The Morgan fingerprint density at radius 3 is 2.81 bits per heavy atom. The third kappa shape index (κ3) is 3.32. The fraction of sp³-hybridized carbons (Fsp3) is 0.176. The number of ether oxygens (including phenoxy) is 1. The minimum atomic E-state index is -0.416. The van der Waals surface area contributed by atoms with E-state index in [0.29, 0.717) is 22.7 Å². The van der Waals surface area contributed by atoms with Crippen LogP contribution in [-0.4, -0.2) is 31.9 Å². The summed E-state index contributed by atoms with van der Waals surface area (Å²) in [6, 6.07) is 6.23. The number of nitrogens with zero attached hydrogens (tertiary/aromatic N) is 4. The molecule has 3 rings (SSSR count). The molecule has 0 fully saturated rings. The second-order valence-electron chi connectivity index (χ2n) is 5.66. The SMILES string of the molecule is CC(C)Oc1c(C(C=N)=CN)ncn2nc(Nc3ccccc3F)nc12. The van der Waals surface area contributed by atoms with Gasteiger partial charge in [-0.2, -0.15) is 9.50 Å². The molecule has 0 aliphatic rings. The third-order valence-electron chi connectivity index (χ3n) is 3.43. The van der Waals surface area contributed by atoms with Crippen LogP contribution in [-0.2, 0) is 0 Å². The predicted molar refractivity (Wildman–Crippen MR) is 97.2 cm³/mol. The highest BCUT2D eigenvalue weighted by Crippen LogP contribution is 2.29. The lowest BCUT2D eigenvalue weighted by molar-refractivity contribution is 0.242. The molecule has 0 bridgehead atoms. The molecule has 0 radical (unpaired) electrons. The maximum Gasteiger partial charge on any atom is 0.247 e. The first-order valence-corrected chi connectivity index (χ1v) is 7.89. The summed E-state index contributed by atoms with van der Waals surface area (Å²) in [5, 5.41) is 14.6. The van der Waals surface area contributed by atoms with Gasteiger partial charge in [-0.15, -0.1) is 5.10 Å². The number of benzene rings is 1. The number of allylic oxidation sites excluding steroid dienone is 1. The van der Waals surface area contributed by atoms with Crippen molar-refractivity contribution >= 4 is 29.1 Å². The average Bonchev–Trinajstić information content (AvgIpc) is 3.02. The van der Waals surface area contributed by atoms with Gasteiger partial charge >= 0.3 is 0 Å². The van der Waals surface area contributed by atoms with Gasteiger partial charge in [-0.1, -0.05) is 12.1 Å². The van der Waals surface area contributed by atoms with Gasteiger partial charge in [-0.25, -0.2) is 9.37 Å². The summed E-state index contributed by atoms with van der Waals surface area (Å²) in [6.45, 7) is 3.72. The quantitative estimate of drug-likeness (QED) is 0.586. The Morgan fingerprint density at radius 1 is 1.38 bits per heavy atom. The first-order valence-electron chi connectivity index (χ1n) is 7.89. The molecule has 9 heteroatoms. The van der Waals surface area contributed by atoms with Gasteiger partial charge in [0.1, 0.15) is 17.8 Å². The molecule has 0 amide bonds. The first-order chi connectivity index (χ1) is 12.5. The van der Waals surface area contributed by atoms with Crippen molar-refractivity contribution in [1.82, 2.24) is 19.6 Å². The number of nitrogens with one attached hydrogen (secondary N) is 2. The Bertz CT molecular complexity index is 980. The number of hydrogen-bond acceptors (Lipinski definition) is 7. The first kappa shape index (κ1) is 17.3. The third-order valence-corrected chi connectivity index (χ3v) is 3.43. The summed E-state index contributed by atoms with van der Waals surface area (Å²) in [5.41, 5.74) is 6.98. The number of aromatic nitrogens is 4. The summed E-state index contributed by atoms with van der Waals surface area (Å²) in [6.07, 6.45) is 3.63. The van der Waals surface area contributed by atoms with E-state index < -0.39 is 5.82 Å². The Hall–Kier alpha value is -3.49. The van der Waals surface area contributed by atoms with Gasteiger partial charge in [0.15, 0.2) is 5.75 Å². The lowest BCUT2D eigenvalue weighted by atomic mass is 10.2. The molecule has 3 aromatic rings. The molecule has 0 aliphatic heterocycles. The van der Waals surface area contributed by atoms with E-state index in [1.54, 1.807) is 18.2 Å². The van der Waals surface area contributed by atoms with Gasteiger partial charge in [0.05, 0.1) is 11.8 Å². The molecule has 1 aromatic carbocycles. The van der Waals surface area contributed by atoms with Crippen LogP contribution in [0.15, 0.2) is 36.8 Å². The Balaban J connectivity index is 2.11. The van der Waals surface area contributed by atoms with Crippen molar-refractivity contribution in [3.05, 3.63) is 48.3 Å². The zero-order valence-corrected chi connectivity index (χ0v) is 14.3. The molecule has 0 atom stereocenters. The van der Waals surface area contributed by atoms with E-state index >= 15 is 0 Å². The number of para-hydroxylation sites is 1. The van der Waals surface area contributed by atoms with Gasteiger partial charge in [0.2, 0.25) is 11.6 Å². The largest absolute Gasteiger partial charge is 0.485 e. The van der Waals surface area contributed by atoms with Gasteiger partial charge in [0, 0.05) is 18.0 Å². The van der Waals surface area contributed by atoms with E-state index in [2.05, 4.69) is 20.4 Å². The van der Waals surface area contributed by atoms with Crippen LogP contribution in [0.25, 0.3) is 11.2 Å². The zero-order chi connectivity index (χ0) is 18.7. The van der Waals surface area contributed by atoms with Crippen molar-refractivity contribution in [1.29, 1.82) is 5.41 Å². The lowest BCUT2D eigenvalue weighted by Crippen LogP contribution is -2.11. The van der Waals surface area contributed by atoms with Crippen LogP contribution in [0.2, 0.25) is 0 Å². The van der Waals surface area contributed by atoms with Crippen LogP contribution in [0.3, 0.4) is 0 Å². The summed E-state index contributed by atoms with van der Waals surface area (Å²) >= 11 is 0. The molecular formula is C17H18FN7O. The number of nitrogens with two attached hydrogens (primary N) is 1. The van der Waals surface area contributed by atoms with Crippen molar-refractivity contribution in [3.8, 4) is 5.75 Å². The summed E-state index contributed by atoms with van der Waals surface area (Å²) in [7, 11) is 0. The summed E-state index contributed by atoms with van der Waals surface area (Å²) in [5.74, 6) is 0.119. The molecule has 4 N–H and O–H groups in total. The maximum absolute atomic E-state index is 13.8. The van der Waals surface area contributed by atoms with Crippen LogP contribution in [0.1, 0.15) is 19.5 Å². The average molecular weight is 355 g/mol. The summed E-state index contributed by atoms with van der Waals surface area (Å²) < 4.78 is 21.1. The number of fused-ring (bicyclic) bond motifs is 1. The molecule has 2 aromatic heterocycles. The van der Waals surface area contributed by atoms with Crippen LogP contribution in [0, 0.1) is 11.2 Å². The molecular weight excluding hydrogens is 337 g/mol. The second kappa shape index (κ2) is 7.18. The zero-order valence-electron chi connectivity index (χ0n) is 14.3. The van der Waals surface area contributed by atoms with Gasteiger partial charge in [-0.05, 0) is 26.0 Å². The van der Waals surface area contributed by atoms with Crippen LogP contribution in [0.4, 0.5) is 16.0 Å². The van der Waals surface area contributed by atoms with Crippen LogP contribution >= 0.6 is 0 Å². The van der Waals surface area contributed by atoms with E-state index in [9.17, 15) is 4.39 Å². The van der Waals surface area contributed by atoms with E-state index in [1.165, 1.54) is 23.1 Å². The molecule has 26 heavy (non-hydrogen) atoms. The van der Waals surface area contributed by atoms with Crippen molar-refractivity contribution in [2.24, 2.45) is 5.73 Å². The van der Waals surface area contributed by atoms with Gasteiger partial charge < -0.3 is 21.2 Å². The highest BCUT2D eigenvalue weighted by atomic mass is 19.1. The monoisotopic (exact) mass is 355 g/mol. The Labute approximate surface area is 149 Å². The molecule has 0 unspecified atom stereocenters. The smallest absolute Gasteiger partial charge is 0.247 e. The van der Waals surface area contributed by atoms with Crippen molar-refractivity contribution < 1.29 is 9.13 Å². The minimum Gasteiger partial charge on any atom is -0.485 e. The lowest BCUT2D eigenvalue weighted by Gasteiger charge is -2.13. The molecule has 0 aliphatic carbocycles. The van der Waals surface area contributed by atoms with Gasteiger partial charge in [0.25, 0.3) is 0 Å². The highest BCUT2D eigenvalue weighted by Gasteiger charge is 2.19. The number of halogens is 1. The molecule has 0 saturated carbocycles. The van der Waals surface area contributed by atoms with Crippen LogP contribution < -0.4 is 15.8 Å². The summed E-state index contributed by atoms with van der Waals surface area (Å²) in [4.78, 5) is 8.65. The molecule has 8 nitrogen and oxygen atoms in total. The van der Waals surface area contributed by atoms with Crippen molar-refractivity contribution in [2.75, 3.05) is 5.32 Å². The van der Waals surface area contributed by atoms with E-state index in [-0.39, 0.29) is 17.7 Å². The fourth-order valence-electron chi connectivity index (χ4n) is 2.32. The number of hydrogen-bond donors (Lipinski definition) is 3. The normalized spacial score (nSPS) is 11.8.